The molecule has 0 spiro atoms. The molecule has 0 aromatic rings. The Kier molecular flexibility index (Phi) is 4.59. The Balaban J connectivity index is 2.79. The van der Waals surface area contributed by atoms with Crippen LogP contribution in [0, 0.1) is 0 Å². The van der Waals surface area contributed by atoms with Crippen molar-refractivity contribution < 1.29 is 30.0 Å². The van der Waals surface area contributed by atoms with Crippen LogP contribution in [0.15, 0.2) is 4.99 Å². The Labute approximate surface area is 91.9 Å². The number of aliphatic imine (C=N–C) groups is 1. The van der Waals surface area contributed by atoms with Gasteiger partial charge in [0.2, 0.25) is 5.90 Å². The van der Waals surface area contributed by atoms with Crippen molar-refractivity contribution in [3.8, 4) is 0 Å². The predicted molar refractivity (Wildman–Crippen MR) is 52.1 cm³/mol. The van der Waals surface area contributed by atoms with E-state index in [1.165, 1.54) is 6.92 Å². The fourth-order valence-electron chi connectivity index (χ4n) is 1.46. The molecule has 1 saturated heterocycles. The van der Waals surface area contributed by atoms with Crippen molar-refractivity contribution in [1.29, 1.82) is 0 Å². The predicted octanol–water partition coefficient (Wildman–Crippen LogP) is -2.90. The maximum absolute atomic E-state index is 9.65. The molecule has 1 aliphatic heterocycles. The van der Waals surface area contributed by atoms with Gasteiger partial charge in [-0.2, -0.15) is 5.90 Å². The number of aliphatic hydroxyl groups is 4. The first kappa shape index (κ1) is 13.3. The fraction of sp³-hybridized carbons (Fsp3) is 0.875. The van der Waals surface area contributed by atoms with E-state index in [9.17, 15) is 15.3 Å². The number of nitrogens with zero attached hydrogens (tertiary/aromatic N) is 1. The lowest BCUT2D eigenvalue weighted by atomic mass is 9.97. The van der Waals surface area contributed by atoms with Crippen molar-refractivity contribution >= 4 is 5.90 Å². The van der Waals surface area contributed by atoms with Gasteiger partial charge in [0.05, 0.1) is 6.61 Å². The lowest BCUT2D eigenvalue weighted by molar-refractivity contribution is -0.248. The van der Waals surface area contributed by atoms with Gasteiger partial charge in [0.25, 0.3) is 0 Å². The number of ether oxygens (including phenoxy) is 1. The minimum Gasteiger partial charge on any atom is -0.397 e. The van der Waals surface area contributed by atoms with Crippen LogP contribution in [0.5, 0.6) is 0 Å². The molecule has 1 aliphatic rings. The molecule has 0 amide bonds. The number of nitrogens with two attached hydrogens (primary N) is 1. The van der Waals surface area contributed by atoms with Crippen molar-refractivity contribution in [2.45, 2.75) is 37.6 Å². The molecule has 1 rings (SSSR count). The Hall–Kier alpha value is -0.770. The topological polar surface area (TPSA) is 138 Å². The first-order valence-electron chi connectivity index (χ1n) is 4.73. The molecule has 6 N–H and O–H groups in total. The van der Waals surface area contributed by atoms with Gasteiger partial charge < -0.3 is 30.0 Å². The number of aliphatic hydroxyl groups excluding tert-OH is 4. The van der Waals surface area contributed by atoms with E-state index >= 15 is 0 Å². The van der Waals surface area contributed by atoms with Crippen LogP contribution in [0.25, 0.3) is 0 Å². The van der Waals surface area contributed by atoms with Gasteiger partial charge in [0.15, 0.2) is 6.29 Å². The molecule has 8 heteroatoms. The third kappa shape index (κ3) is 2.67. The minimum atomic E-state index is -1.44. The Bertz CT molecular complexity index is 261. The molecule has 8 nitrogen and oxygen atoms in total. The molecule has 94 valence electrons. The van der Waals surface area contributed by atoms with Gasteiger partial charge in [-0.3, -0.25) is 0 Å². The second-order valence-corrected chi connectivity index (χ2v) is 3.49. The van der Waals surface area contributed by atoms with Gasteiger partial charge in [-0.05, 0) is 0 Å². The molecule has 1 fully saturated rings. The van der Waals surface area contributed by atoms with Crippen LogP contribution in [0.2, 0.25) is 0 Å². The van der Waals surface area contributed by atoms with E-state index < -0.39 is 37.3 Å². The van der Waals surface area contributed by atoms with Gasteiger partial charge in [-0.25, -0.2) is 4.99 Å². The maximum Gasteiger partial charge on any atom is 0.206 e. The van der Waals surface area contributed by atoms with E-state index in [1.807, 2.05) is 0 Å². The Morgan fingerprint density at radius 3 is 2.50 bits per heavy atom. The van der Waals surface area contributed by atoms with Gasteiger partial charge >= 0.3 is 0 Å². The summed E-state index contributed by atoms with van der Waals surface area (Å²) in [6, 6.07) is -1.11. The molecular formula is C8H16N2O6. The third-order valence-electron chi connectivity index (χ3n) is 2.37. The molecule has 16 heavy (non-hydrogen) atoms. The summed E-state index contributed by atoms with van der Waals surface area (Å²) in [5, 5.41) is 37.5. The van der Waals surface area contributed by atoms with Crippen molar-refractivity contribution in [1.82, 2.24) is 0 Å². The van der Waals surface area contributed by atoms with Crippen molar-refractivity contribution in [3.63, 3.8) is 0 Å². The summed E-state index contributed by atoms with van der Waals surface area (Å²) in [6.07, 6.45) is -5.20. The van der Waals surface area contributed by atoms with Crippen LogP contribution in [-0.4, -0.2) is 63.6 Å². The summed E-state index contributed by atoms with van der Waals surface area (Å²) >= 11 is 0. The molecular weight excluding hydrogens is 220 g/mol. The maximum atomic E-state index is 9.65. The van der Waals surface area contributed by atoms with Crippen LogP contribution < -0.4 is 5.90 Å². The van der Waals surface area contributed by atoms with E-state index in [0.29, 0.717) is 0 Å². The number of hydrogen-bond donors (Lipinski definition) is 5. The molecule has 1 heterocycles. The minimum absolute atomic E-state index is 0.0290. The van der Waals surface area contributed by atoms with Crippen LogP contribution in [0.4, 0.5) is 0 Å². The highest BCUT2D eigenvalue weighted by Crippen LogP contribution is 2.22. The highest BCUT2D eigenvalue weighted by molar-refractivity contribution is 5.73. The summed E-state index contributed by atoms with van der Waals surface area (Å²) in [7, 11) is 0. The average molecular weight is 236 g/mol. The van der Waals surface area contributed by atoms with Crippen LogP contribution in [-0.2, 0) is 9.57 Å². The summed E-state index contributed by atoms with van der Waals surface area (Å²) < 4.78 is 4.87. The van der Waals surface area contributed by atoms with Gasteiger partial charge in [-0.1, -0.05) is 0 Å². The van der Waals surface area contributed by atoms with Gasteiger partial charge in [0, 0.05) is 6.92 Å². The summed E-state index contributed by atoms with van der Waals surface area (Å²) in [5.74, 6) is 4.86. The number of hydrogen-bond acceptors (Lipinski definition) is 8. The quantitative estimate of drug-likeness (QED) is 0.197. The molecule has 0 aliphatic carbocycles. The summed E-state index contributed by atoms with van der Waals surface area (Å²) in [4.78, 5) is 8.02. The van der Waals surface area contributed by atoms with E-state index in [4.69, 9.17) is 15.7 Å². The summed E-state index contributed by atoms with van der Waals surface area (Å²) in [5.41, 5.74) is 0. The largest absolute Gasteiger partial charge is 0.397 e. The van der Waals surface area contributed by atoms with Gasteiger partial charge in [-0.15, -0.1) is 0 Å². The molecule has 0 bridgehead atoms. The normalized spacial score (nSPS) is 40.9. The van der Waals surface area contributed by atoms with Crippen LogP contribution >= 0.6 is 0 Å². The zero-order valence-corrected chi connectivity index (χ0v) is 8.72. The van der Waals surface area contributed by atoms with E-state index in [2.05, 4.69) is 9.83 Å². The Morgan fingerprint density at radius 2 is 2.00 bits per heavy atom. The molecule has 0 saturated carbocycles. The first-order valence-corrected chi connectivity index (χ1v) is 4.73. The third-order valence-corrected chi connectivity index (χ3v) is 2.37. The van der Waals surface area contributed by atoms with Crippen molar-refractivity contribution in [2.75, 3.05) is 6.61 Å². The monoisotopic (exact) mass is 236 g/mol. The SMILES string of the molecule is CC(=N[C@@H]1[C@@H](O)[C@H](O)[C@@H](CO)O[C@H]1O)ON. The van der Waals surface area contributed by atoms with E-state index in [0.717, 1.165) is 0 Å². The second kappa shape index (κ2) is 5.53. The highest BCUT2D eigenvalue weighted by Gasteiger charge is 2.43. The van der Waals surface area contributed by atoms with Crippen molar-refractivity contribution in [3.05, 3.63) is 0 Å². The number of rotatable bonds is 2. The molecule has 0 aromatic carbocycles. The second-order valence-electron chi connectivity index (χ2n) is 3.49. The smallest absolute Gasteiger partial charge is 0.206 e. The molecule has 5 atom stereocenters. The van der Waals surface area contributed by atoms with E-state index in [1.54, 1.807) is 0 Å². The van der Waals surface area contributed by atoms with Crippen molar-refractivity contribution in [2.24, 2.45) is 10.9 Å². The first-order chi connectivity index (χ1) is 7.51. The molecule has 0 aromatic heterocycles. The standard InChI is InChI=1S/C8H16N2O6/c1-3(16-9)10-5-7(13)6(12)4(2-11)15-8(5)14/h4-8,11-14H,2,9H2,1H3/t4-,5-,6-,7-,8-/m1/s1. The fourth-order valence-corrected chi connectivity index (χ4v) is 1.46. The average Bonchev–Trinajstić information content (AvgIpc) is 2.28. The zero-order valence-electron chi connectivity index (χ0n) is 8.72. The summed E-state index contributed by atoms with van der Waals surface area (Å²) in [6.45, 7) is 0.905. The van der Waals surface area contributed by atoms with Crippen LogP contribution in [0.1, 0.15) is 6.92 Å². The Morgan fingerprint density at radius 1 is 1.38 bits per heavy atom. The lowest BCUT2D eigenvalue weighted by Gasteiger charge is -2.38. The highest BCUT2D eigenvalue weighted by atomic mass is 16.6. The van der Waals surface area contributed by atoms with Gasteiger partial charge in [0.1, 0.15) is 24.4 Å². The zero-order chi connectivity index (χ0) is 12.3. The molecule has 0 radical (unpaired) electrons. The van der Waals surface area contributed by atoms with Crippen LogP contribution in [0.3, 0.4) is 0 Å². The lowest BCUT2D eigenvalue weighted by Crippen LogP contribution is -2.58. The molecule has 0 unspecified atom stereocenters. The van der Waals surface area contributed by atoms with E-state index in [-0.39, 0.29) is 5.90 Å².